The van der Waals surface area contributed by atoms with E-state index in [4.69, 9.17) is 5.73 Å². The lowest BCUT2D eigenvalue weighted by Gasteiger charge is -2.20. The highest BCUT2D eigenvalue weighted by Crippen LogP contribution is 2.31. The first-order valence-electron chi connectivity index (χ1n) is 7.00. The van der Waals surface area contributed by atoms with Gasteiger partial charge in [0.15, 0.2) is 5.82 Å². The van der Waals surface area contributed by atoms with Gasteiger partial charge in [-0.05, 0) is 25.0 Å². The summed E-state index contributed by atoms with van der Waals surface area (Å²) in [6, 6.07) is 6.24. The Bertz CT molecular complexity index is 609. The van der Waals surface area contributed by atoms with E-state index in [2.05, 4.69) is 15.0 Å². The summed E-state index contributed by atoms with van der Waals surface area (Å²) in [5, 5.41) is 0. The van der Waals surface area contributed by atoms with Crippen LogP contribution in [0.1, 0.15) is 43.8 Å². The number of nitrogens with zero attached hydrogens (tertiary/aromatic N) is 3. The van der Waals surface area contributed by atoms with E-state index in [0.717, 1.165) is 18.7 Å². The van der Waals surface area contributed by atoms with E-state index < -0.39 is 0 Å². The second-order valence-electron chi connectivity index (χ2n) is 5.22. The highest BCUT2D eigenvalue weighted by molar-refractivity contribution is 5.55. The molecule has 4 nitrogen and oxygen atoms in total. The molecule has 0 amide bonds. The van der Waals surface area contributed by atoms with Gasteiger partial charge in [-0.15, -0.1) is 0 Å². The van der Waals surface area contributed by atoms with Gasteiger partial charge in [0.05, 0.1) is 0 Å². The normalized spacial score (nSPS) is 16.2. The lowest BCUT2D eigenvalue weighted by atomic mass is 9.89. The van der Waals surface area contributed by atoms with Crippen molar-refractivity contribution in [2.75, 3.05) is 5.73 Å². The van der Waals surface area contributed by atoms with Crippen molar-refractivity contribution >= 4 is 5.95 Å². The van der Waals surface area contributed by atoms with Gasteiger partial charge in [0.2, 0.25) is 5.95 Å². The van der Waals surface area contributed by atoms with Crippen molar-refractivity contribution in [3.05, 3.63) is 35.9 Å². The van der Waals surface area contributed by atoms with Crippen molar-refractivity contribution in [2.24, 2.45) is 0 Å². The summed E-state index contributed by atoms with van der Waals surface area (Å²) < 4.78 is 13.3. The zero-order chi connectivity index (χ0) is 13.9. The van der Waals surface area contributed by atoms with Crippen LogP contribution in [0, 0.1) is 5.82 Å². The van der Waals surface area contributed by atoms with Crippen LogP contribution in [0.3, 0.4) is 0 Å². The molecule has 0 aliphatic heterocycles. The number of benzene rings is 1. The number of halogens is 1. The molecule has 0 spiro atoms. The maximum absolute atomic E-state index is 13.3. The predicted octanol–water partition coefficient (Wildman–Crippen LogP) is 3.31. The molecule has 0 radical (unpaired) electrons. The van der Waals surface area contributed by atoms with Crippen molar-refractivity contribution < 1.29 is 4.39 Å². The number of hydrogen-bond acceptors (Lipinski definition) is 4. The monoisotopic (exact) mass is 272 g/mol. The first-order valence-corrected chi connectivity index (χ1v) is 7.00. The van der Waals surface area contributed by atoms with Gasteiger partial charge in [0.1, 0.15) is 11.6 Å². The van der Waals surface area contributed by atoms with E-state index in [0.29, 0.717) is 17.3 Å². The van der Waals surface area contributed by atoms with Crippen LogP contribution < -0.4 is 5.73 Å². The molecular weight excluding hydrogens is 255 g/mol. The highest BCUT2D eigenvalue weighted by Gasteiger charge is 2.20. The molecule has 2 aromatic rings. The third-order valence-electron chi connectivity index (χ3n) is 3.72. The molecule has 5 heteroatoms. The van der Waals surface area contributed by atoms with Crippen molar-refractivity contribution in [2.45, 2.75) is 38.0 Å². The highest BCUT2D eigenvalue weighted by atomic mass is 19.1. The van der Waals surface area contributed by atoms with Crippen molar-refractivity contribution in [3.63, 3.8) is 0 Å². The Balaban J connectivity index is 1.97. The van der Waals surface area contributed by atoms with Crippen molar-refractivity contribution in [1.29, 1.82) is 0 Å². The minimum atomic E-state index is -0.305. The Kier molecular flexibility index (Phi) is 3.58. The first kappa shape index (κ1) is 13.0. The lowest BCUT2D eigenvalue weighted by molar-refractivity contribution is 0.428. The maximum Gasteiger partial charge on any atom is 0.223 e. The third-order valence-corrected chi connectivity index (χ3v) is 3.72. The van der Waals surface area contributed by atoms with Crippen LogP contribution in [0.4, 0.5) is 10.3 Å². The van der Waals surface area contributed by atoms with Gasteiger partial charge in [-0.1, -0.05) is 31.4 Å². The zero-order valence-corrected chi connectivity index (χ0v) is 11.2. The number of rotatable bonds is 2. The molecule has 2 N–H and O–H groups in total. The molecule has 0 atom stereocenters. The van der Waals surface area contributed by atoms with Crippen molar-refractivity contribution in [3.8, 4) is 11.4 Å². The van der Waals surface area contributed by atoms with Crippen LogP contribution >= 0.6 is 0 Å². The van der Waals surface area contributed by atoms with Crippen molar-refractivity contribution in [1.82, 2.24) is 15.0 Å². The molecule has 1 aliphatic rings. The topological polar surface area (TPSA) is 64.7 Å². The minimum absolute atomic E-state index is 0.208. The summed E-state index contributed by atoms with van der Waals surface area (Å²) in [4.78, 5) is 12.9. The SMILES string of the molecule is Nc1nc(-c2cccc(F)c2)nc(C2CCCCC2)n1. The average molecular weight is 272 g/mol. The average Bonchev–Trinajstić information content (AvgIpc) is 2.47. The Labute approximate surface area is 117 Å². The third kappa shape index (κ3) is 2.76. The molecule has 1 aromatic heterocycles. The molecule has 1 heterocycles. The van der Waals surface area contributed by atoms with Gasteiger partial charge in [0, 0.05) is 11.5 Å². The predicted molar refractivity (Wildman–Crippen MR) is 75.5 cm³/mol. The number of hydrogen-bond donors (Lipinski definition) is 1. The van der Waals surface area contributed by atoms with Crippen LogP contribution in [0.25, 0.3) is 11.4 Å². The molecule has 1 saturated carbocycles. The van der Waals surface area contributed by atoms with Gasteiger partial charge < -0.3 is 5.73 Å². The number of anilines is 1. The molecule has 0 saturated heterocycles. The van der Waals surface area contributed by atoms with E-state index in [1.165, 1.54) is 31.4 Å². The summed E-state index contributed by atoms with van der Waals surface area (Å²) in [7, 11) is 0. The van der Waals surface area contributed by atoms with E-state index >= 15 is 0 Å². The second-order valence-corrected chi connectivity index (χ2v) is 5.22. The number of nitrogen functional groups attached to an aromatic ring is 1. The minimum Gasteiger partial charge on any atom is -0.368 e. The number of aromatic nitrogens is 3. The van der Waals surface area contributed by atoms with Gasteiger partial charge >= 0.3 is 0 Å². The summed E-state index contributed by atoms with van der Waals surface area (Å²) in [6.45, 7) is 0. The Morgan fingerprint density at radius 3 is 2.60 bits per heavy atom. The molecule has 1 aliphatic carbocycles. The molecule has 0 bridgehead atoms. The smallest absolute Gasteiger partial charge is 0.223 e. The molecular formula is C15H17FN4. The fraction of sp³-hybridized carbons (Fsp3) is 0.400. The maximum atomic E-state index is 13.3. The lowest BCUT2D eigenvalue weighted by Crippen LogP contribution is -2.12. The van der Waals surface area contributed by atoms with Gasteiger partial charge in [-0.25, -0.2) is 9.37 Å². The van der Waals surface area contributed by atoms with E-state index in [1.807, 2.05) is 0 Å². The molecule has 3 rings (SSSR count). The Hall–Kier alpha value is -2.04. The molecule has 1 fully saturated rings. The van der Waals surface area contributed by atoms with E-state index in [-0.39, 0.29) is 11.8 Å². The number of nitrogens with two attached hydrogens (primary N) is 1. The van der Waals surface area contributed by atoms with Crippen LogP contribution in [0.5, 0.6) is 0 Å². The summed E-state index contributed by atoms with van der Waals surface area (Å²) in [5.41, 5.74) is 6.42. The standard InChI is InChI=1S/C15H17FN4/c16-12-8-4-7-11(9-12)14-18-13(19-15(17)20-14)10-5-2-1-3-6-10/h4,7-10H,1-3,5-6H2,(H2,17,18,19,20). The summed E-state index contributed by atoms with van der Waals surface area (Å²) in [5.74, 6) is 1.45. The van der Waals surface area contributed by atoms with E-state index in [1.54, 1.807) is 12.1 Å². The second kappa shape index (κ2) is 5.53. The van der Waals surface area contributed by atoms with Crippen LogP contribution in [-0.2, 0) is 0 Å². The Morgan fingerprint density at radius 1 is 1.05 bits per heavy atom. The van der Waals surface area contributed by atoms with E-state index in [9.17, 15) is 4.39 Å². The van der Waals surface area contributed by atoms with Crippen LogP contribution in [0.15, 0.2) is 24.3 Å². The molecule has 20 heavy (non-hydrogen) atoms. The van der Waals surface area contributed by atoms with Crippen LogP contribution in [-0.4, -0.2) is 15.0 Å². The Morgan fingerprint density at radius 2 is 1.85 bits per heavy atom. The molecule has 1 aromatic carbocycles. The fourth-order valence-electron chi connectivity index (χ4n) is 2.71. The summed E-state index contributed by atoms with van der Waals surface area (Å²) >= 11 is 0. The first-order chi connectivity index (χ1) is 9.72. The fourth-order valence-corrected chi connectivity index (χ4v) is 2.71. The zero-order valence-electron chi connectivity index (χ0n) is 11.2. The largest absolute Gasteiger partial charge is 0.368 e. The quantitative estimate of drug-likeness (QED) is 0.911. The van der Waals surface area contributed by atoms with Gasteiger partial charge in [-0.2, -0.15) is 9.97 Å². The summed E-state index contributed by atoms with van der Waals surface area (Å²) in [6.07, 6.45) is 5.85. The van der Waals surface area contributed by atoms with Crippen LogP contribution in [0.2, 0.25) is 0 Å². The van der Waals surface area contributed by atoms with Gasteiger partial charge in [-0.3, -0.25) is 0 Å². The van der Waals surface area contributed by atoms with Gasteiger partial charge in [0.25, 0.3) is 0 Å². The molecule has 0 unspecified atom stereocenters. The molecule has 104 valence electrons.